The van der Waals surface area contributed by atoms with E-state index in [1.165, 1.54) is 25.3 Å². The number of fused-ring (bicyclic) bond motifs is 1. The van der Waals surface area contributed by atoms with E-state index >= 15 is 0 Å². The van der Waals surface area contributed by atoms with Gasteiger partial charge in [-0.3, -0.25) is 4.79 Å². The largest absolute Gasteiger partial charge is 0.573 e. The van der Waals surface area contributed by atoms with E-state index in [0.717, 1.165) is 18.2 Å². The maximum atomic E-state index is 12.3. The van der Waals surface area contributed by atoms with E-state index in [-0.39, 0.29) is 22.5 Å². The summed E-state index contributed by atoms with van der Waals surface area (Å²) in [6.07, 6.45) is -4.81. The lowest BCUT2D eigenvalue weighted by molar-refractivity contribution is -0.274. The highest BCUT2D eigenvalue weighted by Crippen LogP contribution is 2.41. The van der Waals surface area contributed by atoms with Crippen LogP contribution in [0.15, 0.2) is 45.6 Å². The Hall–Kier alpha value is -3.36. The second-order valence-electron chi connectivity index (χ2n) is 5.20. The molecule has 9 heteroatoms. The molecule has 0 radical (unpaired) electrons. The van der Waals surface area contributed by atoms with E-state index in [0.29, 0.717) is 5.56 Å². The minimum atomic E-state index is -4.81. The number of phenols is 2. The van der Waals surface area contributed by atoms with Gasteiger partial charge in [-0.05, 0) is 24.3 Å². The predicted octanol–water partition coefficient (Wildman–Crippen LogP) is 3.78. The molecule has 0 atom stereocenters. The Morgan fingerprint density at radius 1 is 1.04 bits per heavy atom. The molecule has 3 aromatic rings. The number of benzene rings is 2. The van der Waals surface area contributed by atoms with Crippen LogP contribution in [-0.2, 0) is 0 Å². The molecule has 0 amide bonds. The van der Waals surface area contributed by atoms with Crippen LogP contribution in [0.3, 0.4) is 0 Å². The Morgan fingerprint density at radius 3 is 2.27 bits per heavy atom. The SMILES string of the molecule is COc1cc2oc(-c3ccc(OC(F)(F)F)cc3)cc(=O)c2c(O)c1O. The number of rotatable bonds is 3. The summed E-state index contributed by atoms with van der Waals surface area (Å²) < 4.78 is 50.8. The van der Waals surface area contributed by atoms with E-state index < -0.39 is 29.0 Å². The van der Waals surface area contributed by atoms with Crippen molar-refractivity contribution in [2.24, 2.45) is 0 Å². The minimum Gasteiger partial charge on any atom is -0.504 e. The number of hydrogen-bond donors (Lipinski definition) is 2. The molecule has 136 valence electrons. The van der Waals surface area contributed by atoms with Gasteiger partial charge in [-0.1, -0.05) is 0 Å². The summed E-state index contributed by atoms with van der Waals surface area (Å²) in [6.45, 7) is 0. The van der Waals surface area contributed by atoms with Crippen LogP contribution in [0.4, 0.5) is 13.2 Å². The van der Waals surface area contributed by atoms with E-state index in [4.69, 9.17) is 9.15 Å². The number of ether oxygens (including phenoxy) is 2. The van der Waals surface area contributed by atoms with Crippen molar-refractivity contribution in [1.29, 1.82) is 0 Å². The molecule has 0 bridgehead atoms. The Balaban J connectivity index is 2.09. The van der Waals surface area contributed by atoms with Crippen LogP contribution in [0.1, 0.15) is 0 Å². The first kappa shape index (κ1) is 17.5. The van der Waals surface area contributed by atoms with Gasteiger partial charge in [-0.15, -0.1) is 13.2 Å². The van der Waals surface area contributed by atoms with Gasteiger partial charge in [0, 0.05) is 17.7 Å². The van der Waals surface area contributed by atoms with Crippen LogP contribution in [0.5, 0.6) is 23.0 Å². The fourth-order valence-electron chi connectivity index (χ4n) is 2.39. The lowest BCUT2D eigenvalue weighted by Crippen LogP contribution is -2.16. The molecule has 26 heavy (non-hydrogen) atoms. The van der Waals surface area contributed by atoms with Crippen LogP contribution in [-0.4, -0.2) is 23.7 Å². The van der Waals surface area contributed by atoms with Gasteiger partial charge in [0.1, 0.15) is 22.5 Å². The number of halogens is 3. The highest BCUT2D eigenvalue weighted by Gasteiger charge is 2.31. The minimum absolute atomic E-state index is 0.0493. The smallest absolute Gasteiger partial charge is 0.504 e. The molecular formula is C17H11F3O6. The zero-order valence-corrected chi connectivity index (χ0v) is 13.1. The summed E-state index contributed by atoms with van der Waals surface area (Å²) in [5.41, 5.74) is -0.396. The summed E-state index contributed by atoms with van der Waals surface area (Å²) in [5, 5.41) is 19.5. The molecule has 0 spiro atoms. The zero-order valence-electron chi connectivity index (χ0n) is 13.1. The highest BCUT2D eigenvalue weighted by atomic mass is 19.4. The van der Waals surface area contributed by atoms with Crippen LogP contribution in [0.2, 0.25) is 0 Å². The molecule has 6 nitrogen and oxygen atoms in total. The van der Waals surface area contributed by atoms with Gasteiger partial charge in [0.2, 0.25) is 5.75 Å². The first-order valence-corrected chi connectivity index (χ1v) is 7.12. The Morgan fingerprint density at radius 2 is 1.69 bits per heavy atom. The fourth-order valence-corrected chi connectivity index (χ4v) is 2.39. The van der Waals surface area contributed by atoms with Gasteiger partial charge < -0.3 is 24.1 Å². The van der Waals surface area contributed by atoms with Crippen molar-refractivity contribution in [2.75, 3.05) is 7.11 Å². The number of alkyl halides is 3. The van der Waals surface area contributed by atoms with Crippen LogP contribution < -0.4 is 14.9 Å². The highest BCUT2D eigenvalue weighted by molar-refractivity contribution is 5.89. The van der Waals surface area contributed by atoms with Crippen molar-refractivity contribution in [3.63, 3.8) is 0 Å². The molecule has 0 fully saturated rings. The summed E-state index contributed by atoms with van der Waals surface area (Å²) in [6, 6.07) is 6.97. The molecule has 1 aromatic heterocycles. The van der Waals surface area contributed by atoms with Gasteiger partial charge in [0.15, 0.2) is 16.9 Å². The molecule has 0 saturated carbocycles. The standard InChI is InChI=1S/C17H11F3O6/c1-24-13-7-12-14(16(23)15(13)22)10(21)6-11(25-12)8-2-4-9(5-3-8)26-17(18,19)20/h2-7,22-23H,1H3. The van der Waals surface area contributed by atoms with Crippen molar-refractivity contribution in [3.05, 3.63) is 46.6 Å². The predicted molar refractivity (Wildman–Crippen MR) is 84.5 cm³/mol. The molecular weight excluding hydrogens is 357 g/mol. The van der Waals surface area contributed by atoms with Gasteiger partial charge in [-0.2, -0.15) is 0 Å². The van der Waals surface area contributed by atoms with E-state index in [1.807, 2.05) is 0 Å². The maximum Gasteiger partial charge on any atom is 0.573 e. The Bertz CT molecular complexity index is 1020. The topological polar surface area (TPSA) is 89.1 Å². The average Bonchev–Trinajstić information content (AvgIpc) is 2.56. The van der Waals surface area contributed by atoms with Crippen LogP contribution in [0, 0.1) is 0 Å². The van der Waals surface area contributed by atoms with Crippen molar-refractivity contribution in [1.82, 2.24) is 0 Å². The molecule has 2 aromatic carbocycles. The summed E-state index contributed by atoms with van der Waals surface area (Å²) in [4.78, 5) is 12.3. The third-order valence-electron chi connectivity index (χ3n) is 3.52. The Labute approximate surface area is 143 Å². The third kappa shape index (κ3) is 3.23. The van der Waals surface area contributed by atoms with Crippen LogP contribution in [0.25, 0.3) is 22.3 Å². The molecule has 0 aliphatic heterocycles. The molecule has 0 aliphatic rings. The molecule has 1 heterocycles. The summed E-state index contributed by atoms with van der Waals surface area (Å²) in [7, 11) is 1.25. The quantitative estimate of drug-likeness (QED) is 0.684. The van der Waals surface area contributed by atoms with Crippen molar-refractivity contribution < 1.29 is 37.3 Å². The van der Waals surface area contributed by atoms with E-state index in [2.05, 4.69) is 4.74 Å². The zero-order chi connectivity index (χ0) is 19.1. The van der Waals surface area contributed by atoms with Gasteiger partial charge in [-0.25, -0.2) is 0 Å². The number of phenolic OH excluding ortho intramolecular Hbond substituents is 2. The van der Waals surface area contributed by atoms with Crippen molar-refractivity contribution >= 4 is 11.0 Å². The van der Waals surface area contributed by atoms with Crippen molar-refractivity contribution in [2.45, 2.75) is 6.36 Å². The first-order chi connectivity index (χ1) is 12.2. The molecule has 3 rings (SSSR count). The second kappa shape index (κ2) is 6.17. The summed E-state index contributed by atoms with van der Waals surface area (Å²) >= 11 is 0. The monoisotopic (exact) mass is 368 g/mol. The van der Waals surface area contributed by atoms with Gasteiger partial charge >= 0.3 is 6.36 Å². The lowest BCUT2D eigenvalue weighted by atomic mass is 10.1. The van der Waals surface area contributed by atoms with E-state index in [9.17, 15) is 28.2 Å². The molecule has 2 N–H and O–H groups in total. The third-order valence-corrected chi connectivity index (χ3v) is 3.52. The lowest BCUT2D eigenvalue weighted by Gasteiger charge is -2.10. The normalized spacial score (nSPS) is 11.5. The fraction of sp³-hybridized carbons (Fsp3) is 0.118. The average molecular weight is 368 g/mol. The summed E-state index contributed by atoms with van der Waals surface area (Å²) in [5.74, 6) is -1.77. The van der Waals surface area contributed by atoms with Gasteiger partial charge in [0.05, 0.1) is 7.11 Å². The molecule has 0 unspecified atom stereocenters. The first-order valence-electron chi connectivity index (χ1n) is 7.12. The van der Waals surface area contributed by atoms with Crippen molar-refractivity contribution in [3.8, 4) is 34.3 Å². The molecule has 0 saturated heterocycles. The van der Waals surface area contributed by atoms with Gasteiger partial charge in [0.25, 0.3) is 0 Å². The number of hydrogen-bond acceptors (Lipinski definition) is 6. The van der Waals surface area contributed by atoms with Crippen LogP contribution >= 0.6 is 0 Å². The number of aromatic hydroxyl groups is 2. The molecule has 0 aliphatic carbocycles. The maximum absolute atomic E-state index is 12.3. The Kier molecular flexibility index (Phi) is 4.15. The second-order valence-corrected chi connectivity index (χ2v) is 5.20. The number of methoxy groups -OCH3 is 1. The van der Waals surface area contributed by atoms with E-state index in [1.54, 1.807) is 0 Å².